The first-order chi connectivity index (χ1) is 8.81. The van der Waals surface area contributed by atoms with E-state index >= 15 is 0 Å². The standard InChI is InChI=1S/C14H18N2O2/c1-2-18-9-3-7-16-14(17)12-5-4-11-6-8-15-13(11)10-12/h2,4-5,10,15H,1,3,6-9H2,(H,16,17). The molecular weight excluding hydrogens is 228 g/mol. The van der Waals surface area contributed by atoms with Crippen LogP contribution >= 0.6 is 0 Å². The number of hydrogen-bond donors (Lipinski definition) is 2. The summed E-state index contributed by atoms with van der Waals surface area (Å²) in [6.45, 7) is 5.60. The van der Waals surface area contributed by atoms with Crippen molar-refractivity contribution in [1.82, 2.24) is 5.32 Å². The molecule has 2 N–H and O–H groups in total. The lowest BCUT2D eigenvalue weighted by Gasteiger charge is -2.07. The van der Waals surface area contributed by atoms with E-state index in [2.05, 4.69) is 17.2 Å². The highest BCUT2D eigenvalue weighted by Gasteiger charge is 2.12. The van der Waals surface area contributed by atoms with Crippen LogP contribution < -0.4 is 10.6 Å². The monoisotopic (exact) mass is 246 g/mol. The zero-order chi connectivity index (χ0) is 12.8. The van der Waals surface area contributed by atoms with E-state index in [1.165, 1.54) is 11.8 Å². The van der Waals surface area contributed by atoms with Crippen molar-refractivity contribution in [3.63, 3.8) is 0 Å². The average Bonchev–Trinajstić information content (AvgIpc) is 2.85. The highest BCUT2D eigenvalue weighted by molar-refractivity contribution is 5.95. The number of nitrogens with one attached hydrogen (secondary N) is 2. The number of fused-ring (bicyclic) bond motifs is 1. The van der Waals surface area contributed by atoms with Gasteiger partial charge in [-0.05, 0) is 30.5 Å². The van der Waals surface area contributed by atoms with Gasteiger partial charge < -0.3 is 15.4 Å². The van der Waals surface area contributed by atoms with Crippen molar-refractivity contribution in [3.8, 4) is 0 Å². The molecule has 1 aromatic rings. The van der Waals surface area contributed by atoms with Crippen molar-refractivity contribution in [2.45, 2.75) is 12.8 Å². The van der Waals surface area contributed by atoms with Crippen LogP contribution in [-0.2, 0) is 11.2 Å². The smallest absolute Gasteiger partial charge is 0.251 e. The number of carbonyl (C=O) groups is 1. The van der Waals surface area contributed by atoms with Crippen molar-refractivity contribution in [1.29, 1.82) is 0 Å². The first-order valence-corrected chi connectivity index (χ1v) is 6.19. The molecule has 0 unspecified atom stereocenters. The number of amides is 1. The highest BCUT2D eigenvalue weighted by atomic mass is 16.5. The molecule has 0 fully saturated rings. The Balaban J connectivity index is 1.83. The second-order valence-electron chi connectivity index (χ2n) is 4.20. The van der Waals surface area contributed by atoms with Crippen molar-refractivity contribution in [2.75, 3.05) is 25.0 Å². The van der Waals surface area contributed by atoms with Gasteiger partial charge in [-0.25, -0.2) is 0 Å². The summed E-state index contributed by atoms with van der Waals surface area (Å²) in [4.78, 5) is 11.9. The summed E-state index contributed by atoms with van der Waals surface area (Å²) in [7, 11) is 0. The summed E-state index contributed by atoms with van der Waals surface area (Å²) in [6, 6.07) is 5.81. The molecule has 4 nitrogen and oxygen atoms in total. The Labute approximate surface area is 107 Å². The Kier molecular flexibility index (Phi) is 4.23. The third-order valence-electron chi connectivity index (χ3n) is 2.92. The highest BCUT2D eigenvalue weighted by Crippen LogP contribution is 2.22. The van der Waals surface area contributed by atoms with Gasteiger partial charge in [-0.15, -0.1) is 0 Å². The minimum Gasteiger partial charge on any atom is -0.502 e. The zero-order valence-corrected chi connectivity index (χ0v) is 10.4. The fourth-order valence-corrected chi connectivity index (χ4v) is 1.97. The summed E-state index contributed by atoms with van der Waals surface area (Å²) in [5, 5.41) is 6.14. The summed E-state index contributed by atoms with van der Waals surface area (Å²) in [5.74, 6) is -0.0369. The van der Waals surface area contributed by atoms with Crippen LogP contribution in [0.25, 0.3) is 0 Å². The van der Waals surface area contributed by atoms with Crippen LogP contribution in [0.4, 0.5) is 5.69 Å². The van der Waals surface area contributed by atoms with Gasteiger partial charge in [-0.2, -0.15) is 0 Å². The number of rotatable bonds is 6. The normalized spacial score (nSPS) is 12.4. The molecule has 18 heavy (non-hydrogen) atoms. The average molecular weight is 246 g/mol. The lowest BCUT2D eigenvalue weighted by molar-refractivity contribution is 0.0950. The number of anilines is 1. The van der Waals surface area contributed by atoms with Gasteiger partial charge in [0.15, 0.2) is 0 Å². The minimum atomic E-state index is -0.0369. The second-order valence-corrected chi connectivity index (χ2v) is 4.20. The van der Waals surface area contributed by atoms with E-state index in [4.69, 9.17) is 4.74 Å². The number of benzene rings is 1. The fraction of sp³-hybridized carbons (Fsp3) is 0.357. The topological polar surface area (TPSA) is 50.4 Å². The first-order valence-electron chi connectivity index (χ1n) is 6.19. The molecule has 96 valence electrons. The molecule has 0 aliphatic carbocycles. The molecule has 1 aromatic carbocycles. The van der Waals surface area contributed by atoms with Gasteiger partial charge in [0, 0.05) is 24.3 Å². The van der Waals surface area contributed by atoms with E-state index in [0.29, 0.717) is 18.7 Å². The molecule has 1 heterocycles. The van der Waals surface area contributed by atoms with Crippen LogP contribution in [-0.4, -0.2) is 25.6 Å². The summed E-state index contributed by atoms with van der Waals surface area (Å²) >= 11 is 0. The van der Waals surface area contributed by atoms with E-state index in [1.807, 2.05) is 18.2 Å². The third kappa shape index (κ3) is 3.03. The number of hydrogen-bond acceptors (Lipinski definition) is 3. The maximum atomic E-state index is 11.9. The van der Waals surface area contributed by atoms with Gasteiger partial charge in [0.05, 0.1) is 12.9 Å². The summed E-state index contributed by atoms with van der Waals surface area (Å²) in [5.41, 5.74) is 3.07. The molecule has 0 saturated heterocycles. The van der Waals surface area contributed by atoms with E-state index in [0.717, 1.165) is 25.1 Å². The van der Waals surface area contributed by atoms with Crippen LogP contribution in [0.3, 0.4) is 0 Å². The van der Waals surface area contributed by atoms with Gasteiger partial charge >= 0.3 is 0 Å². The van der Waals surface area contributed by atoms with Crippen LogP contribution in [0.1, 0.15) is 22.3 Å². The van der Waals surface area contributed by atoms with Crippen molar-refractivity contribution >= 4 is 11.6 Å². The quantitative estimate of drug-likeness (QED) is 0.595. The lowest BCUT2D eigenvalue weighted by Crippen LogP contribution is -2.25. The Hall–Kier alpha value is -1.97. The molecule has 1 aliphatic heterocycles. The Morgan fingerprint density at radius 1 is 1.56 bits per heavy atom. The zero-order valence-electron chi connectivity index (χ0n) is 10.4. The van der Waals surface area contributed by atoms with Gasteiger partial charge in [-0.3, -0.25) is 4.79 Å². The molecule has 0 saturated carbocycles. The lowest BCUT2D eigenvalue weighted by atomic mass is 10.1. The Morgan fingerprint density at radius 2 is 2.44 bits per heavy atom. The molecule has 0 bridgehead atoms. The Bertz CT molecular complexity index is 443. The van der Waals surface area contributed by atoms with E-state index in [1.54, 1.807) is 0 Å². The molecule has 4 heteroatoms. The van der Waals surface area contributed by atoms with Crippen molar-refractivity contribution in [2.24, 2.45) is 0 Å². The van der Waals surface area contributed by atoms with Crippen LogP contribution in [0.2, 0.25) is 0 Å². The van der Waals surface area contributed by atoms with Crippen LogP contribution in [0, 0.1) is 0 Å². The van der Waals surface area contributed by atoms with E-state index in [-0.39, 0.29) is 5.91 Å². The molecule has 0 radical (unpaired) electrons. The molecule has 1 aliphatic rings. The van der Waals surface area contributed by atoms with E-state index < -0.39 is 0 Å². The maximum Gasteiger partial charge on any atom is 0.251 e. The second kappa shape index (κ2) is 6.10. The van der Waals surface area contributed by atoms with Gasteiger partial charge in [0.25, 0.3) is 5.91 Å². The molecule has 0 atom stereocenters. The van der Waals surface area contributed by atoms with Crippen LogP contribution in [0.15, 0.2) is 31.0 Å². The summed E-state index contributed by atoms with van der Waals surface area (Å²) < 4.78 is 4.98. The Morgan fingerprint density at radius 3 is 3.28 bits per heavy atom. The third-order valence-corrected chi connectivity index (χ3v) is 2.92. The maximum absolute atomic E-state index is 11.9. The van der Waals surface area contributed by atoms with Gasteiger partial charge in [0.1, 0.15) is 0 Å². The molecule has 0 aromatic heterocycles. The van der Waals surface area contributed by atoms with Gasteiger partial charge in [-0.1, -0.05) is 12.6 Å². The predicted octanol–water partition coefficient (Wildman–Crippen LogP) is 1.93. The predicted molar refractivity (Wildman–Crippen MR) is 71.7 cm³/mol. The largest absolute Gasteiger partial charge is 0.502 e. The molecule has 0 spiro atoms. The number of carbonyl (C=O) groups excluding carboxylic acids is 1. The minimum absolute atomic E-state index is 0.0369. The molecule has 2 rings (SSSR count). The molecule has 1 amide bonds. The first kappa shape index (κ1) is 12.5. The van der Waals surface area contributed by atoms with Crippen LogP contribution in [0.5, 0.6) is 0 Å². The SMILES string of the molecule is C=COCCCNC(=O)c1ccc2c(c1)NCC2. The number of ether oxygens (including phenoxy) is 1. The van der Waals surface area contributed by atoms with Gasteiger partial charge in [0.2, 0.25) is 0 Å². The summed E-state index contributed by atoms with van der Waals surface area (Å²) in [6.07, 6.45) is 3.23. The van der Waals surface area contributed by atoms with Crippen molar-refractivity contribution in [3.05, 3.63) is 42.2 Å². The molecular formula is C14H18N2O2. The van der Waals surface area contributed by atoms with Crippen molar-refractivity contribution < 1.29 is 9.53 Å². The van der Waals surface area contributed by atoms with E-state index in [9.17, 15) is 4.79 Å². The fourth-order valence-electron chi connectivity index (χ4n) is 1.97.